The molecule has 0 aliphatic heterocycles. The van der Waals surface area contributed by atoms with Crippen LogP contribution in [-0.2, 0) is 0 Å². The third-order valence-electron chi connectivity index (χ3n) is 6.92. The third kappa shape index (κ3) is 20.6. The summed E-state index contributed by atoms with van der Waals surface area (Å²) in [6, 6.07) is 1.11. The van der Waals surface area contributed by atoms with Crippen LogP contribution in [0.2, 0.25) is 6.04 Å². The second-order valence-corrected chi connectivity index (χ2v) is 11.4. The van der Waals surface area contributed by atoms with Gasteiger partial charge in [0.15, 0.2) is 6.20 Å². The second-order valence-electron chi connectivity index (χ2n) is 10.9. The molecule has 2 nitrogen and oxygen atoms in total. The Morgan fingerprint density at radius 1 is 0.676 bits per heavy atom. The summed E-state index contributed by atoms with van der Waals surface area (Å²) in [7, 11) is 8.16. The minimum Gasteiger partial charge on any atom is -0.317 e. The first-order chi connectivity index (χ1) is 16.6. The molecule has 1 aliphatic rings. The molecule has 1 rings (SSSR count). The first-order valence-corrected chi connectivity index (χ1v) is 15.4. The monoisotopic (exact) mass is 485 g/mol. The van der Waals surface area contributed by atoms with Crippen molar-refractivity contribution in [2.75, 3.05) is 33.7 Å². The van der Waals surface area contributed by atoms with Crippen LogP contribution in [-0.4, -0.2) is 48.5 Å². The number of hydrogen-bond acceptors (Lipinski definition) is 1. The van der Waals surface area contributed by atoms with Gasteiger partial charge in [-0.3, -0.25) is 4.48 Å². The highest BCUT2D eigenvalue weighted by Gasteiger charge is 2.17. The van der Waals surface area contributed by atoms with Gasteiger partial charge in [-0.1, -0.05) is 95.9 Å². The molecular formula is C31H57N2Si+2. The topological polar surface area (TPSA) is 12.0 Å². The SMILES string of the molecule is C[N+](C)(C=C1C=CC=C[CH+]1)CCCCCCCCCCCCCCCCCCCNCCC[Si]. The molecule has 0 fully saturated rings. The van der Waals surface area contributed by atoms with E-state index in [-0.39, 0.29) is 0 Å². The van der Waals surface area contributed by atoms with Gasteiger partial charge in [0.25, 0.3) is 0 Å². The maximum Gasteiger partial charge on any atom is 0.177 e. The van der Waals surface area contributed by atoms with Gasteiger partial charge in [-0.25, -0.2) is 0 Å². The number of rotatable bonds is 24. The van der Waals surface area contributed by atoms with Crippen LogP contribution >= 0.6 is 0 Å². The summed E-state index contributed by atoms with van der Waals surface area (Å²) in [4.78, 5) is 0. The summed E-state index contributed by atoms with van der Waals surface area (Å²) in [6.45, 7) is 3.61. The summed E-state index contributed by atoms with van der Waals surface area (Å²) in [5, 5.41) is 3.52. The molecular weight excluding hydrogens is 428 g/mol. The van der Waals surface area contributed by atoms with Crippen LogP contribution < -0.4 is 5.32 Å². The smallest absolute Gasteiger partial charge is 0.177 e. The highest BCUT2D eigenvalue weighted by atomic mass is 28.1. The van der Waals surface area contributed by atoms with Crippen LogP contribution in [0.25, 0.3) is 0 Å². The van der Waals surface area contributed by atoms with Crippen molar-refractivity contribution in [3.63, 3.8) is 0 Å². The van der Waals surface area contributed by atoms with Crippen molar-refractivity contribution >= 4 is 10.2 Å². The minimum atomic E-state index is 0.986. The zero-order chi connectivity index (χ0) is 24.6. The number of unbranched alkanes of at least 4 members (excludes halogenated alkanes) is 16. The van der Waals surface area contributed by atoms with E-state index in [2.05, 4.69) is 66.6 Å². The van der Waals surface area contributed by atoms with E-state index in [0.717, 1.165) is 17.1 Å². The first kappa shape index (κ1) is 31.3. The highest BCUT2D eigenvalue weighted by Crippen LogP contribution is 2.16. The van der Waals surface area contributed by atoms with E-state index >= 15 is 0 Å². The Bertz CT molecular complexity index is 536. The molecule has 0 atom stereocenters. The summed E-state index contributed by atoms with van der Waals surface area (Å²) in [5.41, 5.74) is 1.34. The van der Waals surface area contributed by atoms with Crippen molar-refractivity contribution in [2.24, 2.45) is 0 Å². The van der Waals surface area contributed by atoms with E-state index in [1.165, 1.54) is 134 Å². The van der Waals surface area contributed by atoms with Crippen molar-refractivity contribution in [1.29, 1.82) is 0 Å². The number of hydrogen-bond donors (Lipinski definition) is 1. The van der Waals surface area contributed by atoms with Crippen LogP contribution in [0.4, 0.5) is 0 Å². The average molecular weight is 486 g/mol. The number of allylic oxidation sites excluding steroid dienone is 5. The fourth-order valence-electron chi connectivity index (χ4n) is 4.77. The predicted molar refractivity (Wildman–Crippen MR) is 154 cm³/mol. The van der Waals surface area contributed by atoms with E-state index in [0.29, 0.717) is 0 Å². The van der Waals surface area contributed by atoms with E-state index in [9.17, 15) is 0 Å². The average Bonchev–Trinajstić information content (AvgIpc) is 2.82. The molecule has 193 valence electrons. The second kappa shape index (κ2) is 22.7. The van der Waals surface area contributed by atoms with Gasteiger partial charge in [-0.15, -0.1) is 0 Å². The summed E-state index contributed by atoms with van der Waals surface area (Å²) in [5.74, 6) is 0. The Labute approximate surface area is 217 Å². The molecule has 1 aliphatic carbocycles. The Hall–Kier alpha value is -0.773. The molecule has 0 saturated carbocycles. The molecule has 0 heterocycles. The molecule has 1 N–H and O–H groups in total. The van der Waals surface area contributed by atoms with Crippen LogP contribution in [0.15, 0.2) is 36.1 Å². The molecule has 0 aromatic heterocycles. The fraction of sp³-hybridized carbons (Fsp3) is 0.774. The van der Waals surface area contributed by atoms with E-state index < -0.39 is 0 Å². The van der Waals surface area contributed by atoms with E-state index in [4.69, 9.17) is 0 Å². The molecule has 0 unspecified atom stereocenters. The molecule has 3 heteroatoms. The fourth-order valence-corrected chi connectivity index (χ4v) is 4.94. The predicted octanol–water partition coefficient (Wildman–Crippen LogP) is 8.48. The molecule has 0 saturated heterocycles. The Balaban J connectivity index is 1.75. The van der Waals surface area contributed by atoms with Gasteiger partial charge < -0.3 is 5.32 Å². The molecule has 0 aromatic rings. The van der Waals surface area contributed by atoms with Gasteiger partial charge >= 0.3 is 0 Å². The van der Waals surface area contributed by atoms with Gasteiger partial charge in [0, 0.05) is 41.0 Å². The zero-order valence-corrected chi connectivity index (χ0v) is 24.0. The van der Waals surface area contributed by atoms with Gasteiger partial charge in [-0.05, 0) is 38.8 Å². The van der Waals surface area contributed by atoms with Gasteiger partial charge in [0.1, 0.15) is 5.57 Å². The molecule has 0 bridgehead atoms. The molecule has 0 aromatic carbocycles. The Morgan fingerprint density at radius 3 is 1.62 bits per heavy atom. The van der Waals surface area contributed by atoms with Crippen molar-refractivity contribution in [3.05, 3.63) is 42.5 Å². The van der Waals surface area contributed by atoms with Crippen LogP contribution in [0.3, 0.4) is 0 Å². The van der Waals surface area contributed by atoms with Gasteiger partial charge in [0.05, 0.1) is 20.6 Å². The number of nitrogens with one attached hydrogen (secondary N) is 1. The number of nitrogens with zero attached hydrogens (tertiary/aromatic N) is 1. The lowest BCUT2D eigenvalue weighted by molar-refractivity contribution is -0.839. The zero-order valence-electron chi connectivity index (χ0n) is 23.0. The highest BCUT2D eigenvalue weighted by molar-refractivity contribution is 6.08. The van der Waals surface area contributed by atoms with E-state index in [1.807, 2.05) is 0 Å². The summed E-state index contributed by atoms with van der Waals surface area (Å²) in [6.07, 6.45) is 38.7. The van der Waals surface area contributed by atoms with Crippen LogP contribution in [0.1, 0.15) is 116 Å². The molecule has 0 amide bonds. The van der Waals surface area contributed by atoms with Crippen molar-refractivity contribution in [1.82, 2.24) is 5.32 Å². The maximum atomic E-state index is 3.52. The summed E-state index contributed by atoms with van der Waals surface area (Å²) < 4.78 is 0.986. The van der Waals surface area contributed by atoms with Crippen molar-refractivity contribution in [3.8, 4) is 0 Å². The standard InChI is InChI=1S/C31H57N2Si/c1-33(2,30-31-24-19-18-20-25-31)28-22-17-15-13-11-9-7-5-3-4-6-8-10-12-14-16-21-26-32-27-23-29-34/h18-20,24-25,30,32H,3-17,21-23,26-29H2,1-2H3/q+2. The van der Waals surface area contributed by atoms with Gasteiger partial charge in [-0.2, -0.15) is 0 Å². The minimum absolute atomic E-state index is 0.986. The normalized spacial score (nSPS) is 14.7. The number of quaternary nitrogens is 1. The van der Waals surface area contributed by atoms with Crippen LogP contribution in [0.5, 0.6) is 0 Å². The lowest BCUT2D eigenvalue weighted by Gasteiger charge is -2.22. The van der Waals surface area contributed by atoms with Crippen molar-refractivity contribution < 1.29 is 4.48 Å². The molecule has 34 heavy (non-hydrogen) atoms. The molecule has 3 radical (unpaired) electrons. The summed E-state index contributed by atoms with van der Waals surface area (Å²) >= 11 is 0. The quantitative estimate of drug-likeness (QED) is 0.0625. The maximum absolute atomic E-state index is 3.52. The van der Waals surface area contributed by atoms with Crippen molar-refractivity contribution in [2.45, 2.75) is 122 Å². The lowest BCUT2D eigenvalue weighted by atomic mass is 10.0. The Kier molecular flexibility index (Phi) is 20.8. The Morgan fingerprint density at radius 2 is 1.15 bits per heavy atom. The van der Waals surface area contributed by atoms with Gasteiger partial charge in [0.2, 0.25) is 0 Å². The molecule has 0 spiro atoms. The lowest BCUT2D eigenvalue weighted by Crippen LogP contribution is -2.34. The first-order valence-electron chi connectivity index (χ1n) is 14.7. The van der Waals surface area contributed by atoms with Crippen LogP contribution in [0, 0.1) is 6.42 Å². The third-order valence-corrected chi connectivity index (χ3v) is 7.27. The van der Waals surface area contributed by atoms with E-state index in [1.54, 1.807) is 0 Å². The largest absolute Gasteiger partial charge is 0.317 e.